The molecule has 1 unspecified atom stereocenters. The first kappa shape index (κ1) is 16.7. The number of carbonyl (C=O) groups excluding carboxylic acids is 1. The molecule has 1 atom stereocenters. The van der Waals surface area contributed by atoms with E-state index in [4.69, 9.17) is 10.5 Å². The molecule has 6 heteroatoms. The van der Waals surface area contributed by atoms with Crippen molar-refractivity contribution < 1.29 is 14.6 Å². The number of rotatable bonds is 8. The van der Waals surface area contributed by atoms with Gasteiger partial charge in [0.05, 0.1) is 24.3 Å². The Morgan fingerprint density at radius 1 is 1.50 bits per heavy atom. The molecule has 1 rings (SSSR count). The molecule has 0 aromatic heterocycles. The Hall–Kier alpha value is -1.40. The van der Waals surface area contributed by atoms with Gasteiger partial charge in [0.15, 0.2) is 0 Å². The third-order valence-electron chi connectivity index (χ3n) is 2.63. The Labute approximate surface area is 123 Å². The van der Waals surface area contributed by atoms with E-state index in [0.717, 1.165) is 0 Å². The summed E-state index contributed by atoms with van der Waals surface area (Å²) < 4.78 is 5.43. The van der Waals surface area contributed by atoms with Gasteiger partial charge in [0.1, 0.15) is 5.75 Å². The van der Waals surface area contributed by atoms with Crippen molar-refractivity contribution in [2.75, 3.05) is 30.9 Å². The molecule has 0 aliphatic heterocycles. The minimum Gasteiger partial charge on any atom is -0.491 e. The lowest BCUT2D eigenvalue weighted by molar-refractivity contribution is -0.122. The van der Waals surface area contributed by atoms with Gasteiger partial charge in [-0.15, -0.1) is 0 Å². The number of carbonyl (C=O) groups is 1. The molecule has 0 aliphatic rings. The molecule has 1 aromatic rings. The summed E-state index contributed by atoms with van der Waals surface area (Å²) in [5.41, 5.74) is 5.39. The van der Waals surface area contributed by atoms with E-state index in [1.165, 1.54) is 11.8 Å². The van der Waals surface area contributed by atoms with Crippen LogP contribution in [0, 0.1) is 0 Å². The van der Waals surface area contributed by atoms with Crippen LogP contribution in [-0.2, 0) is 4.79 Å². The molecule has 0 bridgehead atoms. The van der Waals surface area contributed by atoms with Crippen LogP contribution in [0.3, 0.4) is 0 Å². The lowest BCUT2D eigenvalue weighted by atomic mass is 10.1. The number of nitrogen functional groups attached to an aromatic ring is 1. The van der Waals surface area contributed by atoms with Crippen molar-refractivity contribution >= 4 is 23.4 Å². The van der Waals surface area contributed by atoms with Gasteiger partial charge in [-0.25, -0.2) is 0 Å². The standard InChI is InChI=1S/C14H22N2O3S/c1-14(18,10-20-2)9-16-13(17)7-8-19-12-6-4-3-5-11(12)15/h3-6,18H,7-10,15H2,1-2H3,(H,16,17). The third-order valence-corrected chi connectivity index (χ3v) is 3.54. The van der Waals surface area contributed by atoms with E-state index in [1.807, 2.05) is 18.4 Å². The van der Waals surface area contributed by atoms with Crippen molar-refractivity contribution in [2.45, 2.75) is 18.9 Å². The molecule has 0 spiro atoms. The van der Waals surface area contributed by atoms with Gasteiger partial charge in [0, 0.05) is 12.3 Å². The summed E-state index contributed by atoms with van der Waals surface area (Å²) in [6.45, 7) is 2.19. The number of para-hydroxylation sites is 2. The van der Waals surface area contributed by atoms with Crippen LogP contribution in [0.4, 0.5) is 5.69 Å². The average molecular weight is 298 g/mol. The summed E-state index contributed by atoms with van der Waals surface area (Å²) in [5, 5.41) is 12.6. The summed E-state index contributed by atoms with van der Waals surface area (Å²) in [6, 6.07) is 7.15. The molecule has 0 fully saturated rings. The third kappa shape index (κ3) is 6.16. The molecule has 1 amide bonds. The van der Waals surface area contributed by atoms with Gasteiger partial charge < -0.3 is 20.9 Å². The normalized spacial score (nSPS) is 13.6. The predicted molar refractivity (Wildman–Crippen MR) is 83.0 cm³/mol. The fourth-order valence-corrected chi connectivity index (χ4v) is 2.33. The molecule has 0 heterocycles. The minimum atomic E-state index is -0.889. The predicted octanol–water partition coefficient (Wildman–Crippen LogP) is 1.27. The molecule has 112 valence electrons. The quantitative estimate of drug-likeness (QED) is 0.629. The number of nitrogens with two attached hydrogens (primary N) is 1. The summed E-state index contributed by atoms with van der Waals surface area (Å²) in [5.74, 6) is 1.00. The molecule has 0 saturated carbocycles. The fourth-order valence-electron chi connectivity index (χ4n) is 1.61. The van der Waals surface area contributed by atoms with Gasteiger partial charge in [-0.3, -0.25) is 4.79 Å². The maximum absolute atomic E-state index is 11.6. The van der Waals surface area contributed by atoms with Gasteiger partial charge in [-0.1, -0.05) is 12.1 Å². The van der Waals surface area contributed by atoms with Crippen LogP contribution >= 0.6 is 11.8 Å². The second-order valence-corrected chi connectivity index (χ2v) is 5.71. The SMILES string of the molecule is CSCC(C)(O)CNC(=O)CCOc1ccccc1N. The molecule has 0 saturated heterocycles. The number of amides is 1. The van der Waals surface area contributed by atoms with E-state index in [-0.39, 0.29) is 25.5 Å². The van der Waals surface area contributed by atoms with Gasteiger partial charge in [0.25, 0.3) is 0 Å². The first-order valence-corrected chi connectivity index (χ1v) is 7.79. The second-order valence-electron chi connectivity index (χ2n) is 4.84. The van der Waals surface area contributed by atoms with Gasteiger partial charge >= 0.3 is 0 Å². The summed E-state index contributed by atoms with van der Waals surface area (Å²) in [6.07, 6.45) is 2.14. The number of aliphatic hydroxyl groups is 1. The molecule has 0 radical (unpaired) electrons. The molecular weight excluding hydrogens is 276 g/mol. The number of ether oxygens (including phenoxy) is 1. The highest BCUT2D eigenvalue weighted by Gasteiger charge is 2.20. The van der Waals surface area contributed by atoms with Crippen LogP contribution in [0.25, 0.3) is 0 Å². The number of thioether (sulfide) groups is 1. The van der Waals surface area contributed by atoms with E-state index >= 15 is 0 Å². The lowest BCUT2D eigenvalue weighted by Gasteiger charge is -2.22. The van der Waals surface area contributed by atoms with Crippen LogP contribution in [-0.4, -0.2) is 41.8 Å². The van der Waals surface area contributed by atoms with Crippen LogP contribution in [0.1, 0.15) is 13.3 Å². The van der Waals surface area contributed by atoms with Crippen LogP contribution in [0.5, 0.6) is 5.75 Å². The van der Waals surface area contributed by atoms with Crippen molar-refractivity contribution in [1.82, 2.24) is 5.32 Å². The van der Waals surface area contributed by atoms with Crippen molar-refractivity contribution in [3.63, 3.8) is 0 Å². The van der Waals surface area contributed by atoms with Crippen molar-refractivity contribution in [1.29, 1.82) is 0 Å². The van der Waals surface area contributed by atoms with Crippen LogP contribution < -0.4 is 15.8 Å². The minimum absolute atomic E-state index is 0.152. The number of hydrogen-bond acceptors (Lipinski definition) is 5. The van der Waals surface area contributed by atoms with Gasteiger partial charge in [-0.2, -0.15) is 11.8 Å². The Morgan fingerprint density at radius 3 is 2.85 bits per heavy atom. The van der Waals surface area contributed by atoms with Crippen molar-refractivity contribution in [3.05, 3.63) is 24.3 Å². The number of benzene rings is 1. The number of anilines is 1. The zero-order chi connectivity index (χ0) is 15.0. The lowest BCUT2D eigenvalue weighted by Crippen LogP contribution is -2.42. The van der Waals surface area contributed by atoms with Crippen molar-refractivity contribution in [3.8, 4) is 5.75 Å². The van der Waals surface area contributed by atoms with Gasteiger partial charge in [-0.05, 0) is 25.3 Å². The molecule has 5 nitrogen and oxygen atoms in total. The number of hydrogen-bond donors (Lipinski definition) is 3. The van der Waals surface area contributed by atoms with Crippen LogP contribution in [0.2, 0.25) is 0 Å². The maximum Gasteiger partial charge on any atom is 0.223 e. The second kappa shape index (κ2) is 8.01. The molecule has 4 N–H and O–H groups in total. The molecule has 20 heavy (non-hydrogen) atoms. The number of nitrogens with one attached hydrogen (secondary N) is 1. The topological polar surface area (TPSA) is 84.6 Å². The first-order valence-electron chi connectivity index (χ1n) is 6.40. The summed E-state index contributed by atoms with van der Waals surface area (Å²) >= 11 is 1.54. The highest BCUT2D eigenvalue weighted by Crippen LogP contribution is 2.19. The van der Waals surface area contributed by atoms with E-state index in [1.54, 1.807) is 19.1 Å². The van der Waals surface area contributed by atoms with Gasteiger partial charge in [0.2, 0.25) is 5.91 Å². The highest BCUT2D eigenvalue weighted by molar-refractivity contribution is 7.98. The molecule has 0 aliphatic carbocycles. The first-order chi connectivity index (χ1) is 9.44. The van der Waals surface area contributed by atoms with E-state index in [9.17, 15) is 9.90 Å². The molecular formula is C14H22N2O3S. The summed E-state index contributed by atoms with van der Waals surface area (Å²) in [7, 11) is 0. The Morgan fingerprint density at radius 2 is 2.20 bits per heavy atom. The zero-order valence-electron chi connectivity index (χ0n) is 11.9. The smallest absolute Gasteiger partial charge is 0.223 e. The van der Waals surface area contributed by atoms with E-state index in [0.29, 0.717) is 17.2 Å². The van der Waals surface area contributed by atoms with E-state index in [2.05, 4.69) is 5.32 Å². The summed E-state index contributed by atoms with van der Waals surface area (Å²) in [4.78, 5) is 11.6. The Bertz CT molecular complexity index is 438. The monoisotopic (exact) mass is 298 g/mol. The van der Waals surface area contributed by atoms with E-state index < -0.39 is 5.60 Å². The zero-order valence-corrected chi connectivity index (χ0v) is 12.7. The Balaban J connectivity index is 2.26. The largest absolute Gasteiger partial charge is 0.491 e. The van der Waals surface area contributed by atoms with Crippen molar-refractivity contribution in [2.24, 2.45) is 0 Å². The maximum atomic E-state index is 11.6. The Kier molecular flexibility index (Phi) is 6.67. The fraction of sp³-hybridized carbons (Fsp3) is 0.500. The highest BCUT2D eigenvalue weighted by atomic mass is 32.2. The molecule has 1 aromatic carbocycles. The van der Waals surface area contributed by atoms with Crippen LogP contribution in [0.15, 0.2) is 24.3 Å². The average Bonchev–Trinajstić information content (AvgIpc) is 2.39.